The van der Waals surface area contributed by atoms with Gasteiger partial charge in [0.25, 0.3) is 0 Å². The van der Waals surface area contributed by atoms with Crippen molar-refractivity contribution < 1.29 is 9.21 Å². The Morgan fingerprint density at radius 3 is 2.62 bits per heavy atom. The standard InChI is InChI=1S/C19H30N4O2.HI/c1-23(2)18(24)15-22-19(21-13-11-17-9-6-14-25-17)20-12-10-16-7-4-3-5-8-16;/h6-7,9,14H,3-5,8,10-13,15H2,1-2H3,(H2,20,21,22);1H. The first-order valence-corrected chi connectivity index (χ1v) is 9.08. The first kappa shape index (κ1) is 22.5. The molecule has 1 heterocycles. The van der Waals surface area contributed by atoms with Gasteiger partial charge in [0.1, 0.15) is 12.3 Å². The fourth-order valence-corrected chi connectivity index (χ4v) is 2.69. The van der Waals surface area contributed by atoms with Gasteiger partial charge >= 0.3 is 0 Å². The Balaban J connectivity index is 0.00000338. The molecule has 1 amide bonds. The van der Waals surface area contributed by atoms with E-state index in [9.17, 15) is 4.79 Å². The average Bonchev–Trinajstić information content (AvgIpc) is 3.13. The number of amides is 1. The maximum atomic E-state index is 11.8. The molecule has 6 nitrogen and oxygen atoms in total. The molecule has 0 fully saturated rings. The molecule has 0 bridgehead atoms. The summed E-state index contributed by atoms with van der Waals surface area (Å²) in [6.45, 7) is 1.68. The predicted octanol–water partition coefficient (Wildman–Crippen LogP) is 2.95. The maximum Gasteiger partial charge on any atom is 0.243 e. The van der Waals surface area contributed by atoms with Crippen molar-refractivity contribution in [2.75, 3.05) is 33.7 Å². The monoisotopic (exact) mass is 474 g/mol. The van der Waals surface area contributed by atoms with Crippen molar-refractivity contribution in [3.05, 3.63) is 35.8 Å². The molecule has 0 unspecified atom stereocenters. The summed E-state index contributed by atoms with van der Waals surface area (Å²) in [7, 11) is 3.48. The molecule has 2 N–H and O–H groups in total. The molecule has 0 atom stereocenters. The van der Waals surface area contributed by atoms with Gasteiger partial charge in [-0.15, -0.1) is 24.0 Å². The van der Waals surface area contributed by atoms with E-state index >= 15 is 0 Å². The minimum absolute atomic E-state index is 0. The van der Waals surface area contributed by atoms with E-state index < -0.39 is 0 Å². The predicted molar refractivity (Wildman–Crippen MR) is 116 cm³/mol. The van der Waals surface area contributed by atoms with Crippen molar-refractivity contribution in [1.82, 2.24) is 15.5 Å². The van der Waals surface area contributed by atoms with Crippen LogP contribution in [0.25, 0.3) is 0 Å². The van der Waals surface area contributed by atoms with Gasteiger partial charge in [-0.1, -0.05) is 11.6 Å². The Labute approximate surface area is 173 Å². The number of carbonyl (C=O) groups excluding carboxylic acids is 1. The summed E-state index contributed by atoms with van der Waals surface area (Å²) in [6, 6.07) is 3.84. The van der Waals surface area contributed by atoms with E-state index in [4.69, 9.17) is 4.42 Å². The molecule has 0 saturated heterocycles. The van der Waals surface area contributed by atoms with E-state index in [0.29, 0.717) is 12.5 Å². The van der Waals surface area contributed by atoms with Crippen molar-refractivity contribution in [2.24, 2.45) is 4.99 Å². The highest BCUT2D eigenvalue weighted by Crippen LogP contribution is 2.19. The molecule has 1 aromatic rings. The van der Waals surface area contributed by atoms with Gasteiger partial charge in [0.15, 0.2) is 5.96 Å². The van der Waals surface area contributed by atoms with Crippen molar-refractivity contribution in [3.63, 3.8) is 0 Å². The molecule has 26 heavy (non-hydrogen) atoms. The third kappa shape index (κ3) is 8.73. The van der Waals surface area contributed by atoms with Crippen LogP contribution in [0.1, 0.15) is 37.9 Å². The third-order valence-electron chi connectivity index (χ3n) is 4.24. The number of guanidine groups is 1. The van der Waals surface area contributed by atoms with Gasteiger partial charge in [0.05, 0.1) is 6.26 Å². The van der Waals surface area contributed by atoms with Crippen LogP contribution in [0.2, 0.25) is 0 Å². The summed E-state index contributed by atoms with van der Waals surface area (Å²) in [5.74, 6) is 1.60. The smallest absolute Gasteiger partial charge is 0.243 e. The van der Waals surface area contributed by atoms with Crippen molar-refractivity contribution >= 4 is 35.8 Å². The second kappa shape index (κ2) is 12.8. The zero-order chi connectivity index (χ0) is 17.9. The minimum atomic E-state index is -0.0119. The van der Waals surface area contributed by atoms with Crippen molar-refractivity contribution in [1.29, 1.82) is 0 Å². The lowest BCUT2D eigenvalue weighted by Gasteiger charge is -2.16. The molecule has 1 aliphatic carbocycles. The lowest BCUT2D eigenvalue weighted by molar-refractivity contribution is -0.127. The molecule has 0 radical (unpaired) electrons. The number of halogens is 1. The second-order valence-corrected chi connectivity index (χ2v) is 6.49. The number of likely N-dealkylation sites (N-methyl/N-ethyl adjacent to an activating group) is 1. The highest BCUT2D eigenvalue weighted by atomic mass is 127. The number of hydrogen-bond donors (Lipinski definition) is 2. The summed E-state index contributed by atoms with van der Waals surface area (Å²) in [6.07, 6.45) is 10.9. The van der Waals surface area contributed by atoms with E-state index in [1.807, 2.05) is 12.1 Å². The molecular weight excluding hydrogens is 443 g/mol. The van der Waals surface area contributed by atoms with Crippen LogP contribution >= 0.6 is 24.0 Å². The molecule has 7 heteroatoms. The first-order valence-electron chi connectivity index (χ1n) is 9.08. The summed E-state index contributed by atoms with van der Waals surface area (Å²) < 4.78 is 5.34. The van der Waals surface area contributed by atoms with E-state index in [1.165, 1.54) is 31.3 Å². The highest BCUT2D eigenvalue weighted by molar-refractivity contribution is 14.0. The minimum Gasteiger partial charge on any atom is -0.469 e. The number of allylic oxidation sites excluding steroid dienone is 1. The van der Waals surface area contributed by atoms with Crippen LogP contribution in [0.5, 0.6) is 0 Å². The van der Waals surface area contributed by atoms with Crippen LogP contribution in [0, 0.1) is 0 Å². The molecule has 0 saturated carbocycles. The molecule has 0 spiro atoms. The van der Waals surface area contributed by atoms with Crippen LogP contribution in [-0.4, -0.2) is 50.5 Å². The van der Waals surface area contributed by atoms with Crippen LogP contribution in [0.3, 0.4) is 0 Å². The average molecular weight is 474 g/mol. The van der Waals surface area contributed by atoms with Crippen LogP contribution in [-0.2, 0) is 11.2 Å². The van der Waals surface area contributed by atoms with E-state index in [-0.39, 0.29) is 36.4 Å². The van der Waals surface area contributed by atoms with Gasteiger partial charge in [0, 0.05) is 33.6 Å². The number of nitrogens with one attached hydrogen (secondary N) is 2. The number of hydrogen-bond acceptors (Lipinski definition) is 3. The van der Waals surface area contributed by atoms with Gasteiger partial charge in [-0.05, 0) is 44.2 Å². The SMILES string of the molecule is CN(C)C(=O)CN=C(NCCC1=CCCCC1)NCCc1ccco1.I. The Kier molecular flexibility index (Phi) is 11.1. The van der Waals surface area contributed by atoms with Crippen LogP contribution in [0.15, 0.2) is 39.5 Å². The zero-order valence-electron chi connectivity index (χ0n) is 15.8. The highest BCUT2D eigenvalue weighted by Gasteiger charge is 2.07. The lowest BCUT2D eigenvalue weighted by Crippen LogP contribution is -2.40. The molecule has 1 aliphatic rings. The van der Waals surface area contributed by atoms with Crippen LogP contribution in [0.4, 0.5) is 0 Å². The molecule has 2 rings (SSSR count). The molecule has 1 aromatic heterocycles. The quantitative estimate of drug-likeness (QED) is 0.263. The number of furan rings is 1. The fourth-order valence-electron chi connectivity index (χ4n) is 2.69. The summed E-state index contributed by atoms with van der Waals surface area (Å²) in [4.78, 5) is 17.7. The van der Waals surface area contributed by atoms with Gasteiger partial charge in [-0.25, -0.2) is 4.99 Å². The second-order valence-electron chi connectivity index (χ2n) is 6.49. The van der Waals surface area contributed by atoms with Gasteiger partial charge in [-0.3, -0.25) is 4.79 Å². The fraction of sp³-hybridized carbons (Fsp3) is 0.579. The molecule has 146 valence electrons. The lowest BCUT2D eigenvalue weighted by atomic mass is 9.97. The Bertz CT molecular complexity index is 582. The number of nitrogens with zero attached hydrogens (tertiary/aromatic N) is 2. The van der Waals surface area contributed by atoms with Crippen molar-refractivity contribution in [3.8, 4) is 0 Å². The van der Waals surface area contributed by atoms with Crippen LogP contribution < -0.4 is 10.6 Å². The van der Waals surface area contributed by atoms with E-state index in [0.717, 1.165) is 25.1 Å². The number of aliphatic imine (C=N–C) groups is 1. The summed E-state index contributed by atoms with van der Waals surface area (Å²) in [5, 5.41) is 6.62. The third-order valence-corrected chi connectivity index (χ3v) is 4.24. The zero-order valence-corrected chi connectivity index (χ0v) is 18.1. The van der Waals surface area contributed by atoms with E-state index in [1.54, 1.807) is 25.3 Å². The summed E-state index contributed by atoms with van der Waals surface area (Å²) in [5.41, 5.74) is 1.53. The van der Waals surface area contributed by atoms with Gasteiger partial charge in [-0.2, -0.15) is 0 Å². The Morgan fingerprint density at radius 1 is 1.23 bits per heavy atom. The normalized spacial score (nSPS) is 14.2. The van der Waals surface area contributed by atoms with E-state index in [2.05, 4.69) is 21.7 Å². The Hall–Kier alpha value is -1.51. The topological polar surface area (TPSA) is 69.9 Å². The molecule has 0 aromatic carbocycles. The Morgan fingerprint density at radius 2 is 2.00 bits per heavy atom. The van der Waals surface area contributed by atoms with Gasteiger partial charge < -0.3 is 20.0 Å². The largest absolute Gasteiger partial charge is 0.469 e. The summed E-state index contributed by atoms with van der Waals surface area (Å²) >= 11 is 0. The number of carbonyl (C=O) groups is 1. The van der Waals surface area contributed by atoms with Crippen molar-refractivity contribution in [2.45, 2.75) is 38.5 Å². The molecule has 0 aliphatic heterocycles. The van der Waals surface area contributed by atoms with Gasteiger partial charge in [0.2, 0.25) is 5.91 Å². The number of rotatable bonds is 8. The maximum absolute atomic E-state index is 11.8. The first-order chi connectivity index (χ1) is 12.1. The molecular formula is C19H31IN4O2.